The minimum Gasteiger partial charge on any atom is -0.342 e. The molecule has 1 aromatic heterocycles. The third kappa shape index (κ3) is 5.68. The molecule has 0 spiro atoms. The van der Waals surface area contributed by atoms with Crippen molar-refractivity contribution in [2.45, 2.75) is 18.1 Å². The summed E-state index contributed by atoms with van der Waals surface area (Å²) in [6, 6.07) is 16.1. The Balaban J connectivity index is 1.57. The van der Waals surface area contributed by atoms with Crippen LogP contribution in [0.15, 0.2) is 64.2 Å². The van der Waals surface area contributed by atoms with Crippen LogP contribution in [0.2, 0.25) is 0 Å². The smallest absolute Gasteiger partial charge is 0.251 e. The van der Waals surface area contributed by atoms with E-state index in [9.17, 15) is 9.59 Å². The fourth-order valence-electron chi connectivity index (χ4n) is 2.66. The van der Waals surface area contributed by atoms with E-state index < -0.39 is 0 Å². The number of hydrogen-bond donors (Lipinski definition) is 2. The highest BCUT2D eigenvalue weighted by atomic mass is 79.9. The third-order valence-corrected chi connectivity index (χ3v) is 5.59. The monoisotopic (exact) mass is 473 g/mol. The molecule has 0 aliphatic heterocycles. The Labute approximate surface area is 181 Å². The number of benzene rings is 2. The first kappa shape index (κ1) is 21.1. The van der Waals surface area contributed by atoms with Crippen LogP contribution in [0.4, 0.5) is 5.69 Å². The van der Waals surface area contributed by atoms with Crippen molar-refractivity contribution in [1.29, 1.82) is 0 Å². The Kier molecular flexibility index (Phi) is 7.05. The molecule has 1 heterocycles. The first-order valence-electron chi connectivity index (χ1n) is 8.87. The molecular weight excluding hydrogens is 454 g/mol. The van der Waals surface area contributed by atoms with Gasteiger partial charge in [-0.2, -0.15) is 0 Å². The molecule has 0 saturated heterocycles. The van der Waals surface area contributed by atoms with Crippen LogP contribution in [0.25, 0.3) is 0 Å². The van der Waals surface area contributed by atoms with E-state index in [0.29, 0.717) is 16.5 Å². The van der Waals surface area contributed by atoms with Gasteiger partial charge >= 0.3 is 0 Å². The lowest BCUT2D eigenvalue weighted by Crippen LogP contribution is -2.28. The highest BCUT2D eigenvalue weighted by molar-refractivity contribution is 9.10. The normalized spacial score (nSPS) is 11.7. The minimum absolute atomic E-state index is 0.136. The van der Waals surface area contributed by atoms with Gasteiger partial charge in [-0.3, -0.25) is 9.59 Å². The number of anilines is 1. The van der Waals surface area contributed by atoms with Crippen LogP contribution in [0, 0.1) is 0 Å². The largest absolute Gasteiger partial charge is 0.342 e. The second-order valence-electron chi connectivity index (χ2n) is 6.31. The van der Waals surface area contributed by atoms with Gasteiger partial charge < -0.3 is 15.2 Å². The van der Waals surface area contributed by atoms with Gasteiger partial charge in [0.05, 0.1) is 11.8 Å². The Bertz CT molecular complexity index is 1010. The number of amides is 2. The van der Waals surface area contributed by atoms with Crippen molar-refractivity contribution >= 4 is 45.2 Å². The summed E-state index contributed by atoms with van der Waals surface area (Å²) in [5, 5.41) is 14.7. The summed E-state index contributed by atoms with van der Waals surface area (Å²) in [4.78, 5) is 24.5. The van der Waals surface area contributed by atoms with Gasteiger partial charge in [-0.25, -0.2) is 0 Å². The van der Waals surface area contributed by atoms with Gasteiger partial charge in [-0.05, 0) is 37.3 Å². The van der Waals surface area contributed by atoms with Crippen LogP contribution in [0.1, 0.15) is 29.1 Å². The van der Waals surface area contributed by atoms with E-state index >= 15 is 0 Å². The first-order valence-corrected chi connectivity index (χ1v) is 10.7. The van der Waals surface area contributed by atoms with Gasteiger partial charge in [0.15, 0.2) is 11.0 Å². The predicted octanol–water partition coefficient (Wildman–Crippen LogP) is 3.80. The molecule has 0 aliphatic rings. The molecule has 0 saturated carbocycles. The van der Waals surface area contributed by atoms with E-state index in [2.05, 4.69) is 36.8 Å². The molecule has 2 amide bonds. The van der Waals surface area contributed by atoms with Crippen molar-refractivity contribution in [3.63, 3.8) is 0 Å². The van der Waals surface area contributed by atoms with Crippen molar-refractivity contribution in [2.75, 3.05) is 11.1 Å². The zero-order chi connectivity index (χ0) is 20.8. The predicted molar refractivity (Wildman–Crippen MR) is 117 cm³/mol. The van der Waals surface area contributed by atoms with Crippen LogP contribution in [0.5, 0.6) is 0 Å². The molecule has 2 aromatic carbocycles. The molecule has 29 heavy (non-hydrogen) atoms. The van der Waals surface area contributed by atoms with Crippen molar-refractivity contribution in [1.82, 2.24) is 20.1 Å². The standard InChI is InChI=1S/C20H20BrN5O2S/c1-13(22-19(28)14-7-4-3-5-8-14)18-24-25-20(26(18)2)29-12-17(27)23-16-10-6-9-15(21)11-16/h3-11,13H,12H2,1-2H3,(H,22,28)(H,23,27). The molecule has 150 valence electrons. The summed E-state index contributed by atoms with van der Waals surface area (Å²) in [7, 11) is 1.81. The molecule has 1 atom stereocenters. The highest BCUT2D eigenvalue weighted by Crippen LogP contribution is 2.20. The Hall–Kier alpha value is -2.65. The van der Waals surface area contributed by atoms with Crippen LogP contribution < -0.4 is 10.6 Å². The maximum atomic E-state index is 12.3. The number of thioether (sulfide) groups is 1. The number of halogens is 1. The third-order valence-electron chi connectivity index (χ3n) is 4.08. The summed E-state index contributed by atoms with van der Waals surface area (Å²) < 4.78 is 2.68. The van der Waals surface area contributed by atoms with Crippen LogP contribution in [-0.2, 0) is 11.8 Å². The molecule has 9 heteroatoms. The van der Waals surface area contributed by atoms with Crippen LogP contribution in [0.3, 0.4) is 0 Å². The van der Waals surface area contributed by atoms with Gasteiger partial charge in [0, 0.05) is 22.8 Å². The molecule has 3 rings (SSSR count). The van der Waals surface area contributed by atoms with Gasteiger partial charge in [0.1, 0.15) is 0 Å². The number of nitrogens with one attached hydrogen (secondary N) is 2. The zero-order valence-corrected chi connectivity index (χ0v) is 18.3. The quantitative estimate of drug-likeness (QED) is 0.509. The maximum Gasteiger partial charge on any atom is 0.251 e. The molecule has 0 aliphatic carbocycles. The number of carbonyl (C=O) groups is 2. The van der Waals surface area contributed by atoms with Crippen molar-refractivity contribution in [3.8, 4) is 0 Å². The van der Waals surface area contributed by atoms with Gasteiger partial charge in [0.2, 0.25) is 5.91 Å². The lowest BCUT2D eigenvalue weighted by atomic mass is 10.2. The average molecular weight is 474 g/mol. The fraction of sp³-hybridized carbons (Fsp3) is 0.200. The SMILES string of the molecule is CC(NC(=O)c1ccccc1)c1nnc(SCC(=O)Nc2cccc(Br)c2)n1C. The number of hydrogen-bond acceptors (Lipinski definition) is 5. The number of carbonyl (C=O) groups excluding carboxylic acids is 2. The summed E-state index contributed by atoms with van der Waals surface area (Å²) >= 11 is 4.66. The van der Waals surface area contributed by atoms with Gasteiger partial charge in [-0.15, -0.1) is 10.2 Å². The van der Waals surface area contributed by atoms with E-state index in [1.807, 2.05) is 56.4 Å². The maximum absolute atomic E-state index is 12.3. The average Bonchev–Trinajstić information content (AvgIpc) is 3.07. The lowest BCUT2D eigenvalue weighted by molar-refractivity contribution is -0.113. The summed E-state index contributed by atoms with van der Waals surface area (Å²) in [6.07, 6.45) is 0. The molecule has 3 aromatic rings. The molecule has 0 radical (unpaired) electrons. The zero-order valence-electron chi connectivity index (χ0n) is 15.9. The molecule has 1 unspecified atom stereocenters. The molecular formula is C20H20BrN5O2S. The molecule has 2 N–H and O–H groups in total. The Morgan fingerprint density at radius 2 is 1.90 bits per heavy atom. The molecule has 0 bridgehead atoms. The van der Waals surface area contributed by atoms with E-state index in [-0.39, 0.29) is 23.6 Å². The first-order chi connectivity index (χ1) is 13.9. The Morgan fingerprint density at radius 1 is 1.14 bits per heavy atom. The topological polar surface area (TPSA) is 88.9 Å². The Morgan fingerprint density at radius 3 is 2.62 bits per heavy atom. The van der Waals surface area contributed by atoms with Crippen molar-refractivity contribution in [3.05, 3.63) is 70.5 Å². The summed E-state index contributed by atoms with van der Waals surface area (Å²) in [5.74, 6) is 0.499. The van der Waals surface area contributed by atoms with Crippen LogP contribution >= 0.6 is 27.7 Å². The second kappa shape index (κ2) is 9.71. The van der Waals surface area contributed by atoms with E-state index in [4.69, 9.17) is 0 Å². The molecule has 0 fully saturated rings. The summed E-state index contributed by atoms with van der Waals surface area (Å²) in [5.41, 5.74) is 1.31. The summed E-state index contributed by atoms with van der Waals surface area (Å²) in [6.45, 7) is 1.85. The highest BCUT2D eigenvalue weighted by Gasteiger charge is 2.19. The second-order valence-corrected chi connectivity index (χ2v) is 8.17. The van der Waals surface area contributed by atoms with E-state index in [1.54, 1.807) is 16.7 Å². The minimum atomic E-state index is -0.329. The van der Waals surface area contributed by atoms with Crippen molar-refractivity contribution in [2.24, 2.45) is 7.05 Å². The number of rotatable bonds is 7. The number of nitrogens with zero attached hydrogens (tertiary/aromatic N) is 3. The number of aromatic nitrogens is 3. The van der Waals surface area contributed by atoms with Gasteiger partial charge in [-0.1, -0.05) is 52.0 Å². The van der Waals surface area contributed by atoms with E-state index in [0.717, 1.165) is 10.2 Å². The van der Waals surface area contributed by atoms with Crippen LogP contribution in [-0.4, -0.2) is 32.3 Å². The van der Waals surface area contributed by atoms with Crippen molar-refractivity contribution < 1.29 is 9.59 Å². The molecule has 7 nitrogen and oxygen atoms in total. The van der Waals surface area contributed by atoms with E-state index in [1.165, 1.54) is 11.8 Å². The fourth-order valence-corrected chi connectivity index (χ4v) is 3.77. The lowest BCUT2D eigenvalue weighted by Gasteiger charge is -2.13. The van der Waals surface area contributed by atoms with Gasteiger partial charge in [0.25, 0.3) is 5.91 Å².